The Morgan fingerprint density at radius 1 is 1.14 bits per heavy atom. The predicted octanol–water partition coefficient (Wildman–Crippen LogP) is 2.37. The molecule has 0 aromatic rings. The highest BCUT2D eigenvalue weighted by molar-refractivity contribution is 4.74. The summed E-state index contributed by atoms with van der Waals surface area (Å²) in [5, 5.41) is 16.3. The lowest BCUT2D eigenvalue weighted by molar-refractivity contribution is -0.107. The topological polar surface area (TPSA) is 53.5 Å². The van der Waals surface area contributed by atoms with Crippen LogP contribution in [0.1, 0.15) is 52.4 Å². The van der Waals surface area contributed by atoms with E-state index in [-0.39, 0.29) is 5.92 Å². The van der Waals surface area contributed by atoms with Gasteiger partial charge in [0.05, 0.1) is 0 Å². The van der Waals surface area contributed by atoms with E-state index in [0.29, 0.717) is 0 Å². The number of ether oxygens (including phenoxy) is 1. The summed E-state index contributed by atoms with van der Waals surface area (Å²) in [6.45, 7) is 8.16. The summed E-state index contributed by atoms with van der Waals surface area (Å²) < 4.78 is 4.89. The molecule has 3 atom stereocenters. The first-order chi connectivity index (χ1) is 10.2. The van der Waals surface area contributed by atoms with Crippen LogP contribution in [-0.4, -0.2) is 44.7 Å². The van der Waals surface area contributed by atoms with Crippen LogP contribution in [-0.2, 0) is 4.74 Å². The van der Waals surface area contributed by atoms with E-state index in [2.05, 4.69) is 17.6 Å². The number of hydrogen-bond acceptors (Lipinski definition) is 4. The number of aliphatic hydroxyl groups excluding tert-OH is 1. The van der Waals surface area contributed by atoms with Gasteiger partial charge in [-0.3, -0.25) is 0 Å². The number of aliphatic hydroxyl groups is 1. The molecule has 1 fully saturated rings. The maximum absolute atomic E-state index is 9.47. The molecule has 0 aromatic heterocycles. The van der Waals surface area contributed by atoms with Crippen LogP contribution in [0.25, 0.3) is 0 Å². The number of hydrogen-bond donors (Lipinski definition) is 3. The van der Waals surface area contributed by atoms with E-state index < -0.39 is 6.29 Å². The van der Waals surface area contributed by atoms with Gasteiger partial charge in [0.15, 0.2) is 6.29 Å². The van der Waals surface area contributed by atoms with Gasteiger partial charge in [0.2, 0.25) is 0 Å². The van der Waals surface area contributed by atoms with Crippen LogP contribution in [0.4, 0.5) is 0 Å². The minimum Gasteiger partial charge on any atom is -0.368 e. The molecule has 1 rings (SSSR count). The van der Waals surface area contributed by atoms with Crippen LogP contribution in [0.15, 0.2) is 0 Å². The van der Waals surface area contributed by atoms with Crippen LogP contribution < -0.4 is 10.6 Å². The molecule has 1 aliphatic carbocycles. The molecule has 1 saturated carbocycles. The molecular weight excluding hydrogens is 264 g/mol. The summed E-state index contributed by atoms with van der Waals surface area (Å²) in [5.74, 6) is 2.10. The van der Waals surface area contributed by atoms with E-state index in [0.717, 1.165) is 38.0 Å². The zero-order chi connectivity index (χ0) is 15.5. The molecule has 1 unspecified atom stereocenters. The summed E-state index contributed by atoms with van der Waals surface area (Å²) >= 11 is 0. The van der Waals surface area contributed by atoms with Gasteiger partial charge in [0.25, 0.3) is 0 Å². The average Bonchev–Trinajstić information content (AvgIpc) is 3.32. The highest BCUT2D eigenvalue weighted by Gasteiger charge is 2.21. The Labute approximate surface area is 131 Å². The first kappa shape index (κ1) is 18.9. The van der Waals surface area contributed by atoms with E-state index in [1.165, 1.54) is 45.6 Å². The van der Waals surface area contributed by atoms with Crippen molar-refractivity contribution < 1.29 is 9.84 Å². The highest BCUT2D eigenvalue weighted by atomic mass is 16.6. The van der Waals surface area contributed by atoms with Crippen molar-refractivity contribution in [3.8, 4) is 0 Å². The Bertz CT molecular complexity index is 247. The molecule has 21 heavy (non-hydrogen) atoms. The van der Waals surface area contributed by atoms with Crippen molar-refractivity contribution in [1.82, 2.24) is 10.6 Å². The van der Waals surface area contributed by atoms with E-state index in [1.807, 2.05) is 6.92 Å². The van der Waals surface area contributed by atoms with E-state index in [4.69, 9.17) is 4.74 Å². The largest absolute Gasteiger partial charge is 0.368 e. The van der Waals surface area contributed by atoms with Crippen LogP contribution in [0.3, 0.4) is 0 Å². The molecule has 4 heteroatoms. The van der Waals surface area contributed by atoms with Gasteiger partial charge < -0.3 is 20.5 Å². The molecule has 0 heterocycles. The lowest BCUT2D eigenvalue weighted by Gasteiger charge is -2.18. The quantitative estimate of drug-likeness (QED) is 0.340. The molecule has 4 nitrogen and oxygen atoms in total. The lowest BCUT2D eigenvalue weighted by Crippen LogP contribution is -2.35. The molecule has 1 aliphatic rings. The van der Waals surface area contributed by atoms with E-state index >= 15 is 0 Å². The van der Waals surface area contributed by atoms with Crippen LogP contribution in [0, 0.1) is 17.8 Å². The monoisotopic (exact) mass is 300 g/mol. The minimum absolute atomic E-state index is 0.127. The molecule has 0 aliphatic heterocycles. The molecule has 0 radical (unpaired) electrons. The molecule has 0 aromatic carbocycles. The fourth-order valence-corrected chi connectivity index (χ4v) is 2.70. The third kappa shape index (κ3) is 9.46. The molecule has 126 valence electrons. The van der Waals surface area contributed by atoms with Gasteiger partial charge in [0, 0.05) is 32.7 Å². The van der Waals surface area contributed by atoms with E-state index in [9.17, 15) is 5.11 Å². The molecule has 0 amide bonds. The normalized spacial score (nSPS) is 19.4. The van der Waals surface area contributed by atoms with Gasteiger partial charge in [-0.25, -0.2) is 0 Å². The summed E-state index contributed by atoms with van der Waals surface area (Å²) in [6, 6.07) is 0. The Kier molecular flexibility index (Phi) is 10.3. The minimum atomic E-state index is -0.665. The second-order valence-corrected chi connectivity index (χ2v) is 6.64. The summed E-state index contributed by atoms with van der Waals surface area (Å²) in [6.07, 6.45) is 7.81. The summed E-state index contributed by atoms with van der Waals surface area (Å²) in [7, 11) is 1.54. The predicted molar refractivity (Wildman–Crippen MR) is 88.3 cm³/mol. The van der Waals surface area contributed by atoms with Crippen molar-refractivity contribution >= 4 is 0 Å². The zero-order valence-corrected chi connectivity index (χ0v) is 14.2. The number of rotatable bonds is 14. The average molecular weight is 300 g/mol. The van der Waals surface area contributed by atoms with Crippen molar-refractivity contribution in [2.45, 2.75) is 58.7 Å². The summed E-state index contributed by atoms with van der Waals surface area (Å²) in [4.78, 5) is 0. The van der Waals surface area contributed by atoms with Gasteiger partial charge in [-0.1, -0.05) is 46.0 Å². The maximum Gasteiger partial charge on any atom is 0.157 e. The van der Waals surface area contributed by atoms with Crippen molar-refractivity contribution in [1.29, 1.82) is 0 Å². The fraction of sp³-hybridized carbons (Fsp3) is 1.00. The molecular formula is C17H36N2O2. The second-order valence-electron chi connectivity index (χ2n) is 6.64. The fourth-order valence-electron chi connectivity index (χ4n) is 2.70. The van der Waals surface area contributed by atoms with Crippen molar-refractivity contribution in [2.24, 2.45) is 17.8 Å². The molecule has 0 saturated heterocycles. The zero-order valence-electron chi connectivity index (χ0n) is 14.2. The molecule has 0 bridgehead atoms. The summed E-state index contributed by atoms with van der Waals surface area (Å²) in [5.41, 5.74) is 0. The first-order valence-electron chi connectivity index (χ1n) is 8.79. The first-order valence-corrected chi connectivity index (χ1v) is 8.79. The van der Waals surface area contributed by atoms with Crippen molar-refractivity contribution in [3.05, 3.63) is 0 Å². The molecule has 0 spiro atoms. The smallest absolute Gasteiger partial charge is 0.157 e. The third-order valence-corrected chi connectivity index (χ3v) is 4.66. The lowest BCUT2D eigenvalue weighted by atomic mass is 9.95. The van der Waals surface area contributed by atoms with Gasteiger partial charge in [0.1, 0.15) is 0 Å². The van der Waals surface area contributed by atoms with Crippen LogP contribution >= 0.6 is 0 Å². The highest BCUT2D eigenvalue weighted by Crippen LogP contribution is 2.35. The second kappa shape index (κ2) is 11.4. The van der Waals surface area contributed by atoms with Crippen molar-refractivity contribution in [3.63, 3.8) is 0 Å². The Morgan fingerprint density at radius 3 is 2.48 bits per heavy atom. The van der Waals surface area contributed by atoms with Crippen molar-refractivity contribution in [2.75, 3.05) is 33.3 Å². The van der Waals surface area contributed by atoms with Gasteiger partial charge >= 0.3 is 0 Å². The Hall–Kier alpha value is -0.160. The van der Waals surface area contributed by atoms with Crippen LogP contribution in [0.5, 0.6) is 0 Å². The van der Waals surface area contributed by atoms with Crippen LogP contribution in [0.2, 0.25) is 0 Å². The number of methoxy groups -OCH3 is 1. The third-order valence-electron chi connectivity index (χ3n) is 4.66. The standard InChI is InChI=1S/C17H36N2O2/c1-4-15(5-6-16-7-8-16)9-10-18-11-12-19-13-14(2)17(20)21-3/h14-20H,4-13H2,1-3H3/t14-,15?,17-/m0/s1. The van der Waals surface area contributed by atoms with Gasteiger partial charge in [-0.2, -0.15) is 0 Å². The molecule has 3 N–H and O–H groups in total. The van der Waals surface area contributed by atoms with Gasteiger partial charge in [-0.15, -0.1) is 0 Å². The maximum atomic E-state index is 9.47. The van der Waals surface area contributed by atoms with Gasteiger partial charge in [-0.05, 0) is 24.8 Å². The SMILES string of the molecule is CCC(CCNCCNC[C@H](C)[C@@H](O)OC)CCC1CC1. The Balaban J connectivity index is 1.88. The van der Waals surface area contributed by atoms with E-state index in [1.54, 1.807) is 0 Å². The Morgan fingerprint density at radius 2 is 1.86 bits per heavy atom. The number of nitrogens with one attached hydrogen (secondary N) is 2.